The maximum atomic E-state index is 13.1. The van der Waals surface area contributed by atoms with E-state index in [1.54, 1.807) is 0 Å². The molecule has 1 N–H and O–H groups in total. The van der Waals surface area contributed by atoms with Gasteiger partial charge in [-0.3, -0.25) is 0 Å². The average Bonchev–Trinajstić information content (AvgIpc) is 2.24. The van der Waals surface area contributed by atoms with Gasteiger partial charge in [-0.2, -0.15) is 0 Å². The fourth-order valence-electron chi connectivity index (χ4n) is 1.19. The van der Waals surface area contributed by atoms with Crippen LogP contribution in [-0.2, 0) is 0 Å². The molecule has 1 aromatic carbocycles. The van der Waals surface area contributed by atoms with Crippen molar-refractivity contribution in [1.29, 1.82) is 0 Å². The van der Waals surface area contributed by atoms with Gasteiger partial charge in [0.2, 0.25) is 5.82 Å². The van der Waals surface area contributed by atoms with Crippen molar-refractivity contribution in [2.45, 2.75) is 12.5 Å². The lowest BCUT2D eigenvalue weighted by Crippen LogP contribution is -2.11. The van der Waals surface area contributed by atoms with Crippen LogP contribution in [-0.4, -0.2) is 5.11 Å². The first-order valence-corrected chi connectivity index (χ1v) is 4.22. The topological polar surface area (TPSA) is 20.2 Å². The summed E-state index contributed by atoms with van der Waals surface area (Å²) in [5.41, 5.74) is -1.24. The highest BCUT2D eigenvalue weighted by Crippen LogP contribution is 2.29. The van der Waals surface area contributed by atoms with Gasteiger partial charge in [0.1, 0.15) is 0 Å². The molecule has 16 heavy (non-hydrogen) atoms. The minimum atomic E-state index is -2.25. The summed E-state index contributed by atoms with van der Waals surface area (Å²) in [6.07, 6.45) is -1.04. The molecule has 1 nitrogen and oxygen atoms in total. The highest BCUT2D eigenvalue weighted by molar-refractivity contribution is 5.26. The molecular formula is C10H7F5O. The molecule has 1 aromatic rings. The first-order chi connectivity index (χ1) is 7.41. The van der Waals surface area contributed by atoms with E-state index in [9.17, 15) is 27.1 Å². The van der Waals surface area contributed by atoms with Crippen LogP contribution < -0.4 is 0 Å². The molecule has 0 aromatic heterocycles. The van der Waals surface area contributed by atoms with Crippen molar-refractivity contribution < 1.29 is 27.1 Å². The Hall–Kier alpha value is -1.43. The average molecular weight is 238 g/mol. The number of halogens is 5. The van der Waals surface area contributed by atoms with Crippen molar-refractivity contribution in [3.8, 4) is 0 Å². The minimum absolute atomic E-state index is 0.321. The molecule has 0 aliphatic carbocycles. The third kappa shape index (κ3) is 1.92. The van der Waals surface area contributed by atoms with E-state index < -0.39 is 40.8 Å². The monoisotopic (exact) mass is 238 g/mol. The second-order valence-corrected chi connectivity index (χ2v) is 3.02. The predicted octanol–water partition coefficient (Wildman–Crippen LogP) is 2.99. The zero-order valence-electron chi connectivity index (χ0n) is 7.91. The lowest BCUT2D eigenvalue weighted by molar-refractivity contribution is 0.166. The number of aliphatic hydroxyl groups is 1. The molecule has 0 amide bonds. The lowest BCUT2D eigenvalue weighted by Gasteiger charge is -2.12. The molecule has 0 bridgehead atoms. The number of benzene rings is 1. The van der Waals surface area contributed by atoms with Crippen LogP contribution in [0.5, 0.6) is 0 Å². The van der Waals surface area contributed by atoms with Gasteiger partial charge in [-0.25, -0.2) is 22.0 Å². The molecule has 88 valence electrons. The van der Waals surface area contributed by atoms with Crippen LogP contribution in [0.3, 0.4) is 0 Å². The third-order valence-electron chi connectivity index (χ3n) is 1.97. The van der Waals surface area contributed by atoms with E-state index in [1.807, 2.05) is 0 Å². The predicted molar refractivity (Wildman–Crippen MR) is 46.0 cm³/mol. The van der Waals surface area contributed by atoms with E-state index in [4.69, 9.17) is 0 Å². The fourth-order valence-corrected chi connectivity index (χ4v) is 1.19. The van der Waals surface area contributed by atoms with Gasteiger partial charge in [0.15, 0.2) is 23.3 Å². The van der Waals surface area contributed by atoms with Gasteiger partial charge in [0.25, 0.3) is 0 Å². The summed E-state index contributed by atoms with van der Waals surface area (Å²) in [6, 6.07) is 0. The molecule has 0 radical (unpaired) electrons. The SMILES string of the molecule is C=CC[C@@H](O)c1c(F)c(F)c(F)c(F)c1F. The molecule has 0 spiro atoms. The van der Waals surface area contributed by atoms with E-state index in [0.717, 1.165) is 6.08 Å². The lowest BCUT2D eigenvalue weighted by atomic mass is 10.0. The molecule has 0 fully saturated rings. The quantitative estimate of drug-likeness (QED) is 0.371. The molecule has 1 rings (SSSR count). The molecule has 0 saturated carbocycles. The van der Waals surface area contributed by atoms with E-state index in [-0.39, 0.29) is 6.42 Å². The Bertz CT molecular complexity index is 401. The summed E-state index contributed by atoms with van der Waals surface area (Å²) in [6.45, 7) is 3.18. The third-order valence-corrected chi connectivity index (χ3v) is 1.97. The Morgan fingerprint density at radius 1 is 0.938 bits per heavy atom. The molecule has 0 aliphatic rings. The van der Waals surface area contributed by atoms with Crippen molar-refractivity contribution >= 4 is 0 Å². The molecule has 0 saturated heterocycles. The van der Waals surface area contributed by atoms with Crippen LogP contribution in [0.2, 0.25) is 0 Å². The number of hydrogen-bond donors (Lipinski definition) is 1. The highest BCUT2D eigenvalue weighted by Gasteiger charge is 2.28. The number of rotatable bonds is 3. The van der Waals surface area contributed by atoms with Gasteiger partial charge in [-0.05, 0) is 6.42 Å². The minimum Gasteiger partial charge on any atom is -0.388 e. The molecule has 1 atom stereocenters. The fraction of sp³-hybridized carbons (Fsp3) is 0.200. The first kappa shape index (κ1) is 12.6. The molecule has 0 aliphatic heterocycles. The molecular weight excluding hydrogens is 231 g/mol. The van der Waals surface area contributed by atoms with E-state index in [2.05, 4.69) is 6.58 Å². The summed E-state index contributed by atoms with van der Waals surface area (Å²) in [5.74, 6) is -10.4. The van der Waals surface area contributed by atoms with Gasteiger partial charge >= 0.3 is 0 Å². The summed E-state index contributed by atoms with van der Waals surface area (Å²) in [7, 11) is 0. The zero-order valence-corrected chi connectivity index (χ0v) is 7.91. The van der Waals surface area contributed by atoms with Crippen molar-refractivity contribution in [2.24, 2.45) is 0 Å². The molecule has 6 heteroatoms. The molecule has 0 heterocycles. The van der Waals surface area contributed by atoms with Crippen molar-refractivity contribution in [3.05, 3.63) is 47.3 Å². The Morgan fingerprint density at radius 3 is 1.69 bits per heavy atom. The Balaban J connectivity index is 3.44. The zero-order chi connectivity index (χ0) is 12.5. The Labute approximate surface area is 87.8 Å². The first-order valence-electron chi connectivity index (χ1n) is 4.22. The van der Waals surface area contributed by atoms with Crippen molar-refractivity contribution in [2.75, 3.05) is 0 Å². The smallest absolute Gasteiger partial charge is 0.200 e. The summed E-state index contributed by atoms with van der Waals surface area (Å²) in [4.78, 5) is 0. The van der Waals surface area contributed by atoms with E-state index in [1.165, 1.54) is 0 Å². The Morgan fingerprint density at radius 2 is 1.31 bits per heavy atom. The van der Waals surface area contributed by atoms with E-state index in [0.29, 0.717) is 0 Å². The van der Waals surface area contributed by atoms with Gasteiger partial charge in [0.05, 0.1) is 11.7 Å². The number of aliphatic hydroxyl groups excluding tert-OH is 1. The van der Waals surface area contributed by atoms with E-state index >= 15 is 0 Å². The van der Waals surface area contributed by atoms with Crippen molar-refractivity contribution in [3.63, 3.8) is 0 Å². The number of hydrogen-bond acceptors (Lipinski definition) is 1. The Kier molecular flexibility index (Phi) is 3.64. The van der Waals surface area contributed by atoms with Gasteiger partial charge in [-0.1, -0.05) is 6.08 Å². The standard InChI is InChI=1S/C10H7F5O/c1-2-3-4(16)5-6(11)8(13)10(15)9(14)7(5)12/h2,4,16H,1,3H2/t4-/m1/s1. The largest absolute Gasteiger partial charge is 0.388 e. The second-order valence-electron chi connectivity index (χ2n) is 3.02. The van der Waals surface area contributed by atoms with Crippen LogP contribution in [0.15, 0.2) is 12.7 Å². The summed E-state index contributed by atoms with van der Waals surface area (Å²) >= 11 is 0. The van der Waals surface area contributed by atoms with Gasteiger partial charge < -0.3 is 5.11 Å². The van der Waals surface area contributed by atoms with Crippen LogP contribution in [0.25, 0.3) is 0 Å². The van der Waals surface area contributed by atoms with Crippen LogP contribution in [0.1, 0.15) is 18.1 Å². The van der Waals surface area contributed by atoms with Gasteiger partial charge in [-0.15, -0.1) is 6.58 Å². The summed E-state index contributed by atoms with van der Waals surface area (Å²) in [5, 5.41) is 9.21. The van der Waals surface area contributed by atoms with Crippen LogP contribution >= 0.6 is 0 Å². The van der Waals surface area contributed by atoms with Crippen molar-refractivity contribution in [1.82, 2.24) is 0 Å². The van der Waals surface area contributed by atoms with Crippen LogP contribution in [0, 0.1) is 29.1 Å². The normalized spacial score (nSPS) is 12.6. The van der Waals surface area contributed by atoms with Crippen LogP contribution in [0.4, 0.5) is 22.0 Å². The summed E-state index contributed by atoms with van der Waals surface area (Å²) < 4.78 is 64.2. The second kappa shape index (κ2) is 4.61. The highest BCUT2D eigenvalue weighted by atomic mass is 19.2. The maximum Gasteiger partial charge on any atom is 0.200 e. The maximum absolute atomic E-state index is 13.1. The molecule has 0 unspecified atom stereocenters. The van der Waals surface area contributed by atoms with Gasteiger partial charge in [0, 0.05) is 0 Å².